The second kappa shape index (κ2) is 7.91. The molecule has 2 unspecified atom stereocenters. The maximum absolute atomic E-state index is 11.8. The lowest BCUT2D eigenvalue weighted by molar-refractivity contribution is -0.123. The summed E-state index contributed by atoms with van der Waals surface area (Å²) in [4.78, 5) is 23.9. The first kappa shape index (κ1) is 15.7. The molecule has 106 valence electrons. The summed E-state index contributed by atoms with van der Waals surface area (Å²) < 4.78 is 0. The first-order valence-electron chi connectivity index (χ1n) is 6.28. The first-order valence-corrected chi connectivity index (χ1v) is 7.16. The fourth-order valence-electron chi connectivity index (χ4n) is 1.59. The lowest BCUT2D eigenvalue weighted by Crippen LogP contribution is -2.35. The van der Waals surface area contributed by atoms with E-state index >= 15 is 0 Å². The molecule has 0 aliphatic heterocycles. The number of nitrogens with one attached hydrogen (secondary N) is 2. The van der Waals surface area contributed by atoms with Gasteiger partial charge in [-0.1, -0.05) is 13.0 Å². The van der Waals surface area contributed by atoms with Crippen molar-refractivity contribution in [2.75, 3.05) is 6.54 Å². The van der Waals surface area contributed by atoms with Crippen LogP contribution in [0.5, 0.6) is 0 Å². The van der Waals surface area contributed by atoms with Gasteiger partial charge in [-0.05, 0) is 17.9 Å². The molecule has 0 radical (unpaired) electrons. The average Bonchev–Trinajstić information content (AvgIpc) is 2.88. The van der Waals surface area contributed by atoms with E-state index in [4.69, 9.17) is 0 Å². The van der Waals surface area contributed by atoms with Crippen molar-refractivity contribution in [2.24, 2.45) is 0 Å². The van der Waals surface area contributed by atoms with Gasteiger partial charge in [0.05, 0.1) is 18.6 Å². The maximum Gasteiger partial charge on any atom is 0.222 e. The van der Waals surface area contributed by atoms with E-state index in [2.05, 4.69) is 10.6 Å². The van der Waals surface area contributed by atoms with Crippen molar-refractivity contribution in [3.05, 3.63) is 22.4 Å². The fourth-order valence-corrected chi connectivity index (χ4v) is 2.37. The molecule has 0 aliphatic carbocycles. The van der Waals surface area contributed by atoms with Gasteiger partial charge in [-0.25, -0.2) is 0 Å². The van der Waals surface area contributed by atoms with Crippen molar-refractivity contribution in [1.29, 1.82) is 0 Å². The normalized spacial score (nSPS) is 13.6. The molecule has 6 heteroatoms. The fraction of sp³-hybridized carbons (Fsp3) is 0.538. The quantitative estimate of drug-likeness (QED) is 0.704. The Kier molecular flexibility index (Phi) is 6.52. The number of aliphatic hydroxyl groups is 1. The van der Waals surface area contributed by atoms with Crippen LogP contribution in [0.2, 0.25) is 0 Å². The molecule has 2 amide bonds. The Morgan fingerprint density at radius 3 is 2.74 bits per heavy atom. The number of hydrogen-bond acceptors (Lipinski definition) is 4. The summed E-state index contributed by atoms with van der Waals surface area (Å²) in [6, 6.07) is 3.46. The SMILES string of the molecule is CCC(O)CNC(=O)CC(NC(C)=O)c1cccs1. The molecule has 0 saturated carbocycles. The van der Waals surface area contributed by atoms with E-state index in [0.29, 0.717) is 6.42 Å². The van der Waals surface area contributed by atoms with Crippen molar-refractivity contribution >= 4 is 23.2 Å². The van der Waals surface area contributed by atoms with E-state index in [1.54, 1.807) is 0 Å². The Labute approximate surface area is 117 Å². The van der Waals surface area contributed by atoms with Gasteiger partial charge in [-0.15, -0.1) is 11.3 Å². The molecule has 1 aromatic rings. The van der Waals surface area contributed by atoms with E-state index in [-0.39, 0.29) is 30.8 Å². The average molecular weight is 284 g/mol. The maximum atomic E-state index is 11.8. The van der Waals surface area contributed by atoms with Gasteiger partial charge in [0, 0.05) is 18.3 Å². The molecule has 5 nitrogen and oxygen atoms in total. The van der Waals surface area contributed by atoms with E-state index in [1.807, 2.05) is 24.4 Å². The molecular weight excluding hydrogens is 264 g/mol. The molecule has 0 bridgehead atoms. The van der Waals surface area contributed by atoms with Crippen LogP contribution in [0, 0.1) is 0 Å². The molecule has 0 aliphatic rings. The Bertz CT molecular complexity index is 406. The Morgan fingerprint density at radius 1 is 1.47 bits per heavy atom. The third-order valence-corrected chi connectivity index (χ3v) is 3.65. The molecule has 1 rings (SSSR count). The van der Waals surface area contributed by atoms with Gasteiger partial charge in [0.25, 0.3) is 0 Å². The monoisotopic (exact) mass is 284 g/mol. The van der Waals surface area contributed by atoms with Gasteiger partial charge >= 0.3 is 0 Å². The number of thiophene rings is 1. The van der Waals surface area contributed by atoms with Crippen LogP contribution in [0.4, 0.5) is 0 Å². The van der Waals surface area contributed by atoms with Crippen LogP contribution >= 0.6 is 11.3 Å². The minimum atomic E-state index is -0.523. The second-order valence-electron chi connectivity index (χ2n) is 4.34. The van der Waals surface area contributed by atoms with Crippen molar-refractivity contribution in [1.82, 2.24) is 10.6 Å². The van der Waals surface area contributed by atoms with Gasteiger partial charge < -0.3 is 15.7 Å². The summed E-state index contributed by atoms with van der Waals surface area (Å²) in [5, 5.41) is 16.7. The summed E-state index contributed by atoms with van der Waals surface area (Å²) in [5.74, 6) is -0.348. The molecule has 0 aromatic carbocycles. The molecule has 1 heterocycles. The van der Waals surface area contributed by atoms with Gasteiger partial charge in [0.1, 0.15) is 0 Å². The van der Waals surface area contributed by atoms with Crippen LogP contribution < -0.4 is 10.6 Å². The van der Waals surface area contributed by atoms with E-state index in [9.17, 15) is 14.7 Å². The number of carbonyl (C=O) groups is 2. The predicted molar refractivity (Wildman–Crippen MR) is 74.8 cm³/mol. The zero-order chi connectivity index (χ0) is 14.3. The first-order chi connectivity index (χ1) is 9.02. The largest absolute Gasteiger partial charge is 0.391 e. The predicted octanol–water partition coefficient (Wildman–Crippen LogP) is 1.20. The van der Waals surface area contributed by atoms with Crippen LogP contribution in [-0.4, -0.2) is 29.6 Å². The van der Waals surface area contributed by atoms with Gasteiger partial charge in [-0.2, -0.15) is 0 Å². The van der Waals surface area contributed by atoms with Gasteiger partial charge in [-0.3, -0.25) is 9.59 Å². The van der Waals surface area contributed by atoms with Crippen LogP contribution in [-0.2, 0) is 9.59 Å². The van der Waals surface area contributed by atoms with Gasteiger partial charge in [0.15, 0.2) is 0 Å². The number of hydrogen-bond donors (Lipinski definition) is 3. The standard InChI is InChI=1S/C13H20N2O3S/c1-3-10(17)8-14-13(18)7-11(15-9(2)16)12-5-4-6-19-12/h4-6,10-11,17H,3,7-8H2,1-2H3,(H,14,18)(H,15,16). The summed E-state index contributed by atoms with van der Waals surface area (Å²) >= 11 is 1.50. The highest BCUT2D eigenvalue weighted by molar-refractivity contribution is 7.10. The molecule has 0 saturated heterocycles. The minimum Gasteiger partial charge on any atom is -0.391 e. The second-order valence-corrected chi connectivity index (χ2v) is 5.32. The zero-order valence-electron chi connectivity index (χ0n) is 11.2. The van der Waals surface area contributed by atoms with Crippen molar-refractivity contribution in [3.63, 3.8) is 0 Å². The molecular formula is C13H20N2O3S. The van der Waals surface area contributed by atoms with Crippen LogP contribution in [0.1, 0.15) is 37.6 Å². The molecule has 0 fully saturated rings. The van der Waals surface area contributed by atoms with Crippen molar-refractivity contribution in [2.45, 2.75) is 38.8 Å². The lowest BCUT2D eigenvalue weighted by atomic mass is 10.1. The molecule has 2 atom stereocenters. The van der Waals surface area contributed by atoms with Crippen LogP contribution in [0.25, 0.3) is 0 Å². The Balaban J connectivity index is 2.53. The number of carbonyl (C=O) groups excluding carboxylic acids is 2. The van der Waals surface area contributed by atoms with Crippen LogP contribution in [0.3, 0.4) is 0 Å². The number of amides is 2. The topological polar surface area (TPSA) is 78.4 Å². The number of aliphatic hydroxyl groups excluding tert-OH is 1. The smallest absolute Gasteiger partial charge is 0.222 e. The van der Waals surface area contributed by atoms with E-state index < -0.39 is 6.10 Å². The Morgan fingerprint density at radius 2 is 2.21 bits per heavy atom. The van der Waals surface area contributed by atoms with Crippen LogP contribution in [0.15, 0.2) is 17.5 Å². The summed E-state index contributed by atoms with van der Waals surface area (Å²) in [6.45, 7) is 3.52. The third-order valence-electron chi connectivity index (χ3n) is 2.66. The van der Waals surface area contributed by atoms with Gasteiger partial charge in [0.2, 0.25) is 11.8 Å². The van der Waals surface area contributed by atoms with Crippen molar-refractivity contribution in [3.8, 4) is 0 Å². The number of rotatable bonds is 7. The highest BCUT2D eigenvalue weighted by atomic mass is 32.1. The zero-order valence-corrected chi connectivity index (χ0v) is 12.0. The molecule has 1 aromatic heterocycles. The highest BCUT2D eigenvalue weighted by Gasteiger charge is 2.18. The Hall–Kier alpha value is -1.40. The summed E-state index contributed by atoms with van der Waals surface area (Å²) in [7, 11) is 0. The summed E-state index contributed by atoms with van der Waals surface area (Å²) in [6.07, 6.45) is 0.251. The van der Waals surface area contributed by atoms with E-state index in [0.717, 1.165) is 4.88 Å². The third kappa shape index (κ3) is 5.85. The highest BCUT2D eigenvalue weighted by Crippen LogP contribution is 2.21. The summed E-state index contributed by atoms with van der Waals surface area (Å²) in [5.41, 5.74) is 0. The van der Waals surface area contributed by atoms with E-state index in [1.165, 1.54) is 18.3 Å². The molecule has 3 N–H and O–H groups in total. The molecule has 19 heavy (non-hydrogen) atoms. The lowest BCUT2D eigenvalue weighted by Gasteiger charge is -2.17. The van der Waals surface area contributed by atoms with Crippen molar-refractivity contribution < 1.29 is 14.7 Å². The molecule has 0 spiro atoms. The minimum absolute atomic E-state index is 0.167.